The SMILES string of the molecule is C#Cc1c2nc(c(-c3cccc4ccccc34)c3ccc([nH]3)c(C#C)c3nc(c(-c4cccc5ccccc45)c4ccc1[nH]4)C=C3)C=C2. The molecule has 8 bridgehead atoms. The van der Waals surface area contributed by atoms with Crippen LogP contribution in [-0.2, 0) is 0 Å². The summed E-state index contributed by atoms with van der Waals surface area (Å²) in [4.78, 5) is 17.6. The molecule has 5 heterocycles. The van der Waals surface area contributed by atoms with Crippen LogP contribution in [-0.4, -0.2) is 19.9 Å². The number of H-pyrrole nitrogens is 2. The summed E-state index contributed by atoms with van der Waals surface area (Å²) in [5, 5.41) is 4.54. The van der Waals surface area contributed by atoms with E-state index in [0.29, 0.717) is 22.5 Å². The smallest absolute Gasteiger partial charge is 0.0815 e. The lowest BCUT2D eigenvalue weighted by Crippen LogP contribution is -1.90. The average Bonchev–Trinajstić information content (AvgIpc) is 3.96. The molecule has 0 saturated carbocycles. The van der Waals surface area contributed by atoms with Gasteiger partial charge in [-0.25, -0.2) is 9.97 Å². The van der Waals surface area contributed by atoms with Gasteiger partial charge < -0.3 is 9.97 Å². The molecule has 2 N–H and O–H groups in total. The largest absolute Gasteiger partial charge is 0.354 e. The summed E-state index contributed by atoms with van der Waals surface area (Å²) < 4.78 is 0. The molecule has 222 valence electrons. The van der Waals surface area contributed by atoms with Crippen molar-refractivity contribution in [3.63, 3.8) is 0 Å². The van der Waals surface area contributed by atoms with E-state index in [9.17, 15) is 0 Å². The lowest BCUT2D eigenvalue weighted by atomic mass is 9.97. The first-order valence-corrected chi connectivity index (χ1v) is 15.8. The van der Waals surface area contributed by atoms with Gasteiger partial charge in [-0.3, -0.25) is 0 Å². The zero-order chi connectivity index (χ0) is 32.2. The van der Waals surface area contributed by atoms with Gasteiger partial charge in [0.2, 0.25) is 0 Å². The number of aromatic nitrogens is 4. The minimum atomic E-state index is 0.681. The Morgan fingerprint density at radius 3 is 1.27 bits per heavy atom. The molecule has 2 aliphatic rings. The molecule has 4 aromatic carbocycles. The van der Waals surface area contributed by atoms with E-state index in [1.165, 1.54) is 0 Å². The van der Waals surface area contributed by atoms with Gasteiger partial charge in [-0.1, -0.05) is 96.8 Å². The van der Waals surface area contributed by atoms with Crippen LogP contribution in [0.15, 0.2) is 109 Å². The third kappa shape index (κ3) is 4.29. The van der Waals surface area contributed by atoms with E-state index in [1.54, 1.807) is 0 Å². The van der Waals surface area contributed by atoms with Crippen LogP contribution in [0.4, 0.5) is 0 Å². The second-order valence-electron chi connectivity index (χ2n) is 11.8. The Hall–Kier alpha value is -6.88. The lowest BCUT2D eigenvalue weighted by molar-refractivity contribution is 1.30. The number of fused-ring (bicyclic) bond motifs is 10. The number of benzene rings is 4. The van der Waals surface area contributed by atoms with Gasteiger partial charge in [0.15, 0.2) is 0 Å². The molecule has 7 aromatic rings. The maximum atomic E-state index is 6.22. The van der Waals surface area contributed by atoms with E-state index in [4.69, 9.17) is 22.8 Å². The molecular formula is C44H26N4. The average molecular weight is 611 g/mol. The molecule has 0 atom stereocenters. The van der Waals surface area contributed by atoms with Gasteiger partial charge >= 0.3 is 0 Å². The van der Waals surface area contributed by atoms with Gasteiger partial charge in [0.1, 0.15) is 0 Å². The van der Waals surface area contributed by atoms with Crippen LogP contribution in [0.2, 0.25) is 0 Å². The molecule has 48 heavy (non-hydrogen) atoms. The lowest BCUT2D eigenvalue weighted by Gasteiger charge is -2.09. The van der Waals surface area contributed by atoms with Gasteiger partial charge in [-0.15, -0.1) is 12.8 Å². The van der Waals surface area contributed by atoms with Crippen LogP contribution < -0.4 is 0 Å². The summed E-state index contributed by atoms with van der Waals surface area (Å²) in [6.07, 6.45) is 20.5. The fourth-order valence-electron chi connectivity index (χ4n) is 6.96. The first kappa shape index (κ1) is 27.4. The quantitative estimate of drug-likeness (QED) is 0.191. The molecular weight excluding hydrogens is 585 g/mol. The van der Waals surface area contributed by atoms with E-state index in [0.717, 1.165) is 77.3 Å². The van der Waals surface area contributed by atoms with E-state index >= 15 is 0 Å². The van der Waals surface area contributed by atoms with Crippen LogP contribution >= 0.6 is 0 Å². The first-order valence-electron chi connectivity index (χ1n) is 15.8. The highest BCUT2D eigenvalue weighted by atomic mass is 14.8. The van der Waals surface area contributed by atoms with E-state index in [1.807, 2.05) is 36.4 Å². The molecule has 0 saturated heterocycles. The van der Waals surface area contributed by atoms with Crippen LogP contribution in [0.25, 0.3) is 90.2 Å². The van der Waals surface area contributed by atoms with Gasteiger partial charge in [0.05, 0.1) is 44.9 Å². The number of hydrogen-bond acceptors (Lipinski definition) is 2. The summed E-state index contributed by atoms with van der Waals surface area (Å²) in [5.41, 5.74) is 11.8. The molecule has 2 aliphatic heterocycles. The topological polar surface area (TPSA) is 57.4 Å². The van der Waals surface area contributed by atoms with Gasteiger partial charge in [-0.2, -0.15) is 0 Å². The van der Waals surface area contributed by atoms with E-state index < -0.39 is 0 Å². The molecule has 0 aliphatic carbocycles. The van der Waals surface area contributed by atoms with Gasteiger partial charge in [0.25, 0.3) is 0 Å². The monoisotopic (exact) mass is 610 g/mol. The third-order valence-electron chi connectivity index (χ3n) is 9.16. The number of hydrogen-bond donors (Lipinski definition) is 2. The zero-order valence-electron chi connectivity index (χ0n) is 25.8. The maximum absolute atomic E-state index is 6.22. The predicted octanol–water partition coefficient (Wildman–Crippen LogP) is 10.3. The van der Waals surface area contributed by atoms with Crippen LogP contribution in [0.3, 0.4) is 0 Å². The number of rotatable bonds is 2. The summed E-state index contributed by atoms with van der Waals surface area (Å²) in [6.45, 7) is 0. The summed E-state index contributed by atoms with van der Waals surface area (Å²) in [7, 11) is 0. The van der Waals surface area contributed by atoms with Crippen molar-refractivity contribution in [3.05, 3.63) is 143 Å². The normalized spacial score (nSPS) is 12.0. The summed E-state index contributed by atoms with van der Waals surface area (Å²) >= 11 is 0. The Morgan fingerprint density at radius 1 is 0.417 bits per heavy atom. The van der Waals surface area contributed by atoms with Gasteiger partial charge in [-0.05, 0) is 81.2 Å². The fourth-order valence-corrected chi connectivity index (χ4v) is 6.96. The van der Waals surface area contributed by atoms with Crippen molar-refractivity contribution in [1.82, 2.24) is 19.9 Å². The highest BCUT2D eigenvalue weighted by molar-refractivity contribution is 6.05. The number of nitrogens with zero attached hydrogens (tertiary/aromatic N) is 2. The van der Waals surface area contributed by atoms with Gasteiger partial charge in [0, 0.05) is 22.2 Å². The molecule has 3 aromatic heterocycles. The zero-order valence-corrected chi connectivity index (χ0v) is 25.8. The highest BCUT2D eigenvalue weighted by Crippen LogP contribution is 2.38. The van der Waals surface area contributed by atoms with E-state index in [2.05, 4.69) is 119 Å². The standard InChI is InChI=1S/C44H26N4/c1-3-29-35-19-23-39(45-35)43(33-17-9-13-27-11-5-7-15-31(27)33)41-25-21-37(47-41)30(4-2)38-22-26-42(48-38)44(40-24-20-36(29)46-40)34-18-10-14-28-12-6-8-16-32(28)34/h1-2,5-26,45,48H. The Balaban J connectivity index is 1.45. The van der Waals surface area contributed by atoms with Crippen LogP contribution in [0.1, 0.15) is 33.9 Å². The Kier molecular flexibility index (Phi) is 6.22. The van der Waals surface area contributed by atoms with Crippen LogP contribution in [0.5, 0.6) is 0 Å². The Labute approximate surface area is 277 Å². The Bertz CT molecular complexity index is 2600. The molecule has 0 spiro atoms. The van der Waals surface area contributed by atoms with Crippen molar-refractivity contribution in [1.29, 1.82) is 0 Å². The molecule has 0 unspecified atom stereocenters. The fraction of sp³-hybridized carbons (Fsp3) is 0. The minimum Gasteiger partial charge on any atom is -0.354 e. The number of aromatic amines is 2. The molecule has 9 rings (SSSR count). The third-order valence-corrected chi connectivity index (χ3v) is 9.16. The van der Waals surface area contributed by atoms with Crippen molar-refractivity contribution in [3.8, 4) is 46.9 Å². The van der Waals surface area contributed by atoms with E-state index in [-0.39, 0.29) is 0 Å². The Morgan fingerprint density at radius 2 is 0.812 bits per heavy atom. The van der Waals surface area contributed by atoms with Crippen molar-refractivity contribution in [2.75, 3.05) is 0 Å². The molecule has 4 nitrogen and oxygen atoms in total. The molecule has 0 fully saturated rings. The molecule has 0 amide bonds. The summed E-state index contributed by atoms with van der Waals surface area (Å²) in [5.74, 6) is 5.87. The predicted molar refractivity (Wildman–Crippen MR) is 201 cm³/mol. The van der Waals surface area contributed by atoms with Crippen LogP contribution in [0, 0.1) is 24.7 Å². The molecule has 4 heteroatoms. The van der Waals surface area contributed by atoms with Crippen molar-refractivity contribution >= 4 is 67.9 Å². The molecule has 0 radical (unpaired) electrons. The minimum absolute atomic E-state index is 0.681. The number of terminal acetylenes is 2. The van der Waals surface area contributed by atoms with Crippen molar-refractivity contribution in [2.24, 2.45) is 0 Å². The highest BCUT2D eigenvalue weighted by Gasteiger charge is 2.18. The van der Waals surface area contributed by atoms with Crippen molar-refractivity contribution < 1.29 is 0 Å². The van der Waals surface area contributed by atoms with Crippen molar-refractivity contribution in [2.45, 2.75) is 0 Å². The maximum Gasteiger partial charge on any atom is 0.0815 e. The second-order valence-corrected chi connectivity index (χ2v) is 11.8. The first-order chi connectivity index (χ1) is 23.7. The second kappa shape index (κ2) is 10.9. The number of nitrogens with one attached hydrogen (secondary N) is 2. The summed E-state index contributed by atoms with van der Waals surface area (Å²) in [6, 6.07) is 37.6.